The molecule has 1 atom stereocenters. The highest BCUT2D eigenvalue weighted by Gasteiger charge is 2.29. The third-order valence-corrected chi connectivity index (χ3v) is 5.52. The Hall–Kier alpha value is -2.63. The first-order valence-corrected chi connectivity index (χ1v) is 9.76. The molecule has 142 valence electrons. The van der Waals surface area contributed by atoms with Gasteiger partial charge in [-0.2, -0.15) is 0 Å². The van der Waals surface area contributed by atoms with E-state index < -0.39 is 0 Å². The molecule has 6 heteroatoms. The number of nitrogens with one attached hydrogen (secondary N) is 2. The van der Waals surface area contributed by atoms with E-state index in [0.29, 0.717) is 13.0 Å². The number of aromatic nitrogens is 1. The summed E-state index contributed by atoms with van der Waals surface area (Å²) in [5, 5.41) is 6.98. The molecule has 0 radical (unpaired) electrons. The normalized spacial score (nSPS) is 25.6. The van der Waals surface area contributed by atoms with E-state index in [1.54, 1.807) is 6.20 Å². The first kappa shape index (κ1) is 17.8. The number of hydrogen-bond donors (Lipinski definition) is 2. The fourth-order valence-electron chi connectivity index (χ4n) is 3.97. The van der Waals surface area contributed by atoms with E-state index in [2.05, 4.69) is 15.6 Å². The average Bonchev–Trinajstić information content (AvgIpc) is 2.69. The molecule has 2 fully saturated rings. The largest absolute Gasteiger partial charge is 0.490 e. The maximum Gasteiger partial charge on any atom is 0.223 e. The lowest BCUT2D eigenvalue weighted by atomic mass is 9.91. The second-order valence-corrected chi connectivity index (χ2v) is 7.50. The first-order valence-electron chi connectivity index (χ1n) is 9.76. The Morgan fingerprint density at radius 1 is 1.15 bits per heavy atom. The molecule has 6 nitrogen and oxygen atoms in total. The predicted molar refractivity (Wildman–Crippen MR) is 102 cm³/mol. The number of benzene rings is 1. The zero-order valence-corrected chi connectivity index (χ0v) is 15.3. The maximum atomic E-state index is 12.4. The molecule has 2 heterocycles. The van der Waals surface area contributed by atoms with Crippen LogP contribution in [0.5, 0.6) is 5.75 Å². The van der Waals surface area contributed by atoms with E-state index in [9.17, 15) is 9.59 Å². The quantitative estimate of drug-likeness (QED) is 0.870. The van der Waals surface area contributed by atoms with Crippen molar-refractivity contribution in [3.8, 4) is 5.75 Å². The van der Waals surface area contributed by atoms with Gasteiger partial charge in [0.1, 0.15) is 5.75 Å². The van der Waals surface area contributed by atoms with Gasteiger partial charge in [-0.05, 0) is 56.4 Å². The van der Waals surface area contributed by atoms with Gasteiger partial charge < -0.3 is 15.4 Å². The number of piperidine rings is 1. The number of ether oxygens (including phenoxy) is 1. The minimum absolute atomic E-state index is 0.0240. The van der Waals surface area contributed by atoms with Crippen molar-refractivity contribution >= 4 is 22.7 Å². The zero-order chi connectivity index (χ0) is 18.6. The molecule has 1 saturated carbocycles. The van der Waals surface area contributed by atoms with Crippen LogP contribution in [-0.2, 0) is 9.59 Å². The fraction of sp³-hybridized carbons (Fsp3) is 0.476. The third kappa shape index (κ3) is 4.38. The SMILES string of the molecule is O=C1CC(C(=O)NC2CCC(Oc3ccc4ncccc4c3)CC2)CCN1. The summed E-state index contributed by atoms with van der Waals surface area (Å²) in [4.78, 5) is 28.2. The molecular formula is C21H25N3O3. The number of nitrogens with zero attached hydrogens (tertiary/aromatic N) is 1. The van der Waals surface area contributed by atoms with Crippen LogP contribution in [0.15, 0.2) is 36.5 Å². The van der Waals surface area contributed by atoms with Crippen LogP contribution < -0.4 is 15.4 Å². The van der Waals surface area contributed by atoms with Crippen molar-refractivity contribution in [2.45, 2.75) is 50.7 Å². The monoisotopic (exact) mass is 367 g/mol. The molecule has 0 spiro atoms. The molecule has 0 bridgehead atoms. The number of fused-ring (bicyclic) bond motifs is 1. The summed E-state index contributed by atoms with van der Waals surface area (Å²) in [6.45, 7) is 0.596. The molecule has 1 aliphatic heterocycles. The van der Waals surface area contributed by atoms with Gasteiger partial charge in [-0.15, -0.1) is 0 Å². The van der Waals surface area contributed by atoms with E-state index in [4.69, 9.17) is 4.74 Å². The Kier molecular flexibility index (Phi) is 5.23. The highest BCUT2D eigenvalue weighted by atomic mass is 16.5. The second-order valence-electron chi connectivity index (χ2n) is 7.50. The van der Waals surface area contributed by atoms with Crippen LogP contribution in [0, 0.1) is 5.92 Å². The molecule has 2 aromatic rings. The van der Waals surface area contributed by atoms with Crippen LogP contribution >= 0.6 is 0 Å². The van der Waals surface area contributed by atoms with Crippen molar-refractivity contribution in [2.24, 2.45) is 5.92 Å². The van der Waals surface area contributed by atoms with Gasteiger partial charge in [0.25, 0.3) is 0 Å². The van der Waals surface area contributed by atoms with E-state index in [0.717, 1.165) is 48.8 Å². The second kappa shape index (κ2) is 7.94. The number of rotatable bonds is 4. The van der Waals surface area contributed by atoms with Gasteiger partial charge in [-0.1, -0.05) is 6.07 Å². The van der Waals surface area contributed by atoms with E-state index >= 15 is 0 Å². The number of hydrogen-bond acceptors (Lipinski definition) is 4. The van der Waals surface area contributed by atoms with Crippen molar-refractivity contribution in [1.82, 2.24) is 15.6 Å². The number of carbonyl (C=O) groups excluding carboxylic acids is 2. The Bertz CT molecular complexity index is 830. The van der Waals surface area contributed by atoms with E-state index in [1.807, 2.05) is 30.3 Å². The molecule has 1 aromatic heterocycles. The van der Waals surface area contributed by atoms with Gasteiger partial charge >= 0.3 is 0 Å². The van der Waals surface area contributed by atoms with Gasteiger partial charge in [0.15, 0.2) is 0 Å². The maximum absolute atomic E-state index is 12.4. The van der Waals surface area contributed by atoms with Crippen molar-refractivity contribution in [3.63, 3.8) is 0 Å². The Balaban J connectivity index is 1.27. The highest BCUT2D eigenvalue weighted by molar-refractivity contribution is 5.87. The molecule has 2 amide bonds. The lowest BCUT2D eigenvalue weighted by Crippen LogP contribution is -2.46. The lowest BCUT2D eigenvalue weighted by Gasteiger charge is -2.31. The van der Waals surface area contributed by atoms with Crippen LogP contribution in [-0.4, -0.2) is 35.5 Å². The van der Waals surface area contributed by atoms with E-state index in [1.165, 1.54) is 0 Å². The summed E-state index contributed by atoms with van der Waals surface area (Å²) in [6.07, 6.45) is 6.65. The summed E-state index contributed by atoms with van der Waals surface area (Å²) in [7, 11) is 0. The van der Waals surface area contributed by atoms with Gasteiger partial charge in [0.05, 0.1) is 11.6 Å². The molecule has 4 rings (SSSR count). The van der Waals surface area contributed by atoms with Crippen LogP contribution in [0.3, 0.4) is 0 Å². The Morgan fingerprint density at radius 3 is 2.81 bits per heavy atom. The first-order chi connectivity index (χ1) is 13.2. The minimum Gasteiger partial charge on any atom is -0.490 e. The summed E-state index contributed by atoms with van der Waals surface area (Å²) in [6, 6.07) is 10.1. The molecule has 27 heavy (non-hydrogen) atoms. The molecule has 1 unspecified atom stereocenters. The van der Waals surface area contributed by atoms with Crippen molar-refractivity contribution in [3.05, 3.63) is 36.5 Å². The topological polar surface area (TPSA) is 80.3 Å². The molecule has 1 aliphatic carbocycles. The Morgan fingerprint density at radius 2 is 2.00 bits per heavy atom. The molecule has 2 N–H and O–H groups in total. The zero-order valence-electron chi connectivity index (χ0n) is 15.3. The molecular weight excluding hydrogens is 342 g/mol. The average molecular weight is 367 g/mol. The van der Waals surface area contributed by atoms with Crippen molar-refractivity contribution < 1.29 is 14.3 Å². The highest BCUT2D eigenvalue weighted by Crippen LogP contribution is 2.26. The van der Waals surface area contributed by atoms with E-state index in [-0.39, 0.29) is 29.9 Å². The van der Waals surface area contributed by atoms with Gasteiger partial charge in [-0.25, -0.2) is 0 Å². The van der Waals surface area contributed by atoms with Crippen LogP contribution in [0.25, 0.3) is 10.9 Å². The summed E-state index contributed by atoms with van der Waals surface area (Å²) in [5.74, 6) is 0.690. The van der Waals surface area contributed by atoms with Crippen LogP contribution in [0.2, 0.25) is 0 Å². The minimum atomic E-state index is -0.182. The smallest absolute Gasteiger partial charge is 0.223 e. The number of amides is 2. The summed E-state index contributed by atoms with van der Waals surface area (Å²) >= 11 is 0. The summed E-state index contributed by atoms with van der Waals surface area (Å²) in [5.41, 5.74) is 0.965. The lowest BCUT2D eigenvalue weighted by molar-refractivity contribution is -0.133. The predicted octanol–water partition coefficient (Wildman–Crippen LogP) is 2.57. The standard InChI is InChI=1S/C21H25N3O3/c25-20-13-15(9-11-23-20)21(26)24-16-3-5-17(6-4-16)27-18-7-8-19-14(12-18)2-1-10-22-19/h1-2,7-8,10,12,15-17H,3-6,9,11,13H2,(H,23,25)(H,24,26). The van der Waals surface area contributed by atoms with Crippen LogP contribution in [0.1, 0.15) is 38.5 Å². The van der Waals surface area contributed by atoms with Gasteiger partial charge in [-0.3, -0.25) is 14.6 Å². The molecule has 1 saturated heterocycles. The van der Waals surface area contributed by atoms with Gasteiger partial charge in [0.2, 0.25) is 11.8 Å². The van der Waals surface area contributed by atoms with Crippen LogP contribution in [0.4, 0.5) is 0 Å². The van der Waals surface area contributed by atoms with Crippen molar-refractivity contribution in [2.75, 3.05) is 6.54 Å². The molecule has 2 aliphatic rings. The number of carbonyl (C=O) groups is 2. The molecule has 1 aromatic carbocycles. The Labute approximate surface area is 158 Å². The fourth-order valence-corrected chi connectivity index (χ4v) is 3.97. The summed E-state index contributed by atoms with van der Waals surface area (Å²) < 4.78 is 6.15. The van der Waals surface area contributed by atoms with Crippen molar-refractivity contribution in [1.29, 1.82) is 0 Å². The number of pyridine rings is 1. The van der Waals surface area contributed by atoms with Gasteiger partial charge in [0, 0.05) is 36.5 Å². The third-order valence-electron chi connectivity index (χ3n) is 5.52.